The van der Waals surface area contributed by atoms with E-state index in [9.17, 15) is 0 Å². The van der Waals surface area contributed by atoms with Gasteiger partial charge in [0.2, 0.25) is 0 Å². The third-order valence-electron chi connectivity index (χ3n) is 4.07. The van der Waals surface area contributed by atoms with Crippen molar-refractivity contribution in [1.82, 2.24) is 5.43 Å². The fraction of sp³-hybridized carbons (Fsp3) is 0.0909. The molecule has 0 aliphatic rings. The Kier molecular flexibility index (Phi) is 6.12. The molecule has 26 heavy (non-hydrogen) atoms. The number of benzene rings is 3. The van der Waals surface area contributed by atoms with Crippen molar-refractivity contribution < 1.29 is 0 Å². The maximum absolute atomic E-state index is 5.71. The lowest BCUT2D eigenvalue weighted by atomic mass is 10.0. The molecule has 0 spiro atoms. The van der Waals surface area contributed by atoms with Gasteiger partial charge in [0.05, 0.1) is 0 Å². The van der Waals surface area contributed by atoms with E-state index in [0.717, 1.165) is 16.9 Å². The lowest BCUT2D eigenvalue weighted by Gasteiger charge is -2.12. The van der Waals surface area contributed by atoms with Crippen molar-refractivity contribution in [3.8, 4) is 0 Å². The van der Waals surface area contributed by atoms with Gasteiger partial charge < -0.3 is 5.73 Å². The Labute approximate surface area is 158 Å². The van der Waals surface area contributed by atoms with E-state index in [4.69, 9.17) is 11.6 Å². The molecule has 0 aromatic heterocycles. The van der Waals surface area contributed by atoms with E-state index in [1.54, 1.807) is 0 Å². The quantitative estimate of drug-likeness (QED) is 0.249. The summed E-state index contributed by atoms with van der Waals surface area (Å²) < 4.78 is 0. The summed E-state index contributed by atoms with van der Waals surface area (Å²) in [5.74, 6) is 6.37. The summed E-state index contributed by atoms with van der Waals surface area (Å²) in [6.45, 7) is 4.40. The van der Waals surface area contributed by atoms with Gasteiger partial charge in [-0.05, 0) is 39.6 Å². The van der Waals surface area contributed by atoms with Gasteiger partial charge in [0.25, 0.3) is 0 Å². The van der Waals surface area contributed by atoms with Crippen molar-refractivity contribution in [2.75, 3.05) is 0 Å². The first-order valence-corrected chi connectivity index (χ1v) is 9.44. The molecule has 0 fully saturated rings. The molecule has 5 N–H and O–H groups in total. The average molecular weight is 362 g/mol. The molecule has 0 aliphatic carbocycles. The van der Waals surface area contributed by atoms with Crippen molar-refractivity contribution in [1.29, 1.82) is 0 Å². The molecule has 3 aromatic rings. The Morgan fingerprint density at radius 3 is 2.58 bits per heavy atom. The molecule has 0 saturated heterocycles. The zero-order valence-corrected chi connectivity index (χ0v) is 15.4. The van der Waals surface area contributed by atoms with Crippen molar-refractivity contribution in [2.45, 2.75) is 17.2 Å². The van der Waals surface area contributed by atoms with Gasteiger partial charge in [-0.3, -0.25) is 11.3 Å². The predicted octanol–water partition coefficient (Wildman–Crippen LogP) is 4.58. The van der Waals surface area contributed by atoms with Gasteiger partial charge in [-0.2, -0.15) is 0 Å². The van der Waals surface area contributed by atoms with Crippen LogP contribution in [0.1, 0.15) is 16.7 Å². The molecule has 4 heteroatoms. The van der Waals surface area contributed by atoms with Crippen LogP contribution in [0.5, 0.6) is 0 Å². The van der Waals surface area contributed by atoms with E-state index in [0.29, 0.717) is 12.2 Å². The summed E-state index contributed by atoms with van der Waals surface area (Å²) in [6, 6.07) is 21.2. The fourth-order valence-corrected chi connectivity index (χ4v) is 3.96. The van der Waals surface area contributed by atoms with Crippen LogP contribution in [0.2, 0.25) is 0 Å². The predicted molar refractivity (Wildman–Crippen MR) is 113 cm³/mol. The number of hydrazine groups is 1. The lowest BCUT2D eigenvalue weighted by Crippen LogP contribution is -2.20. The minimum Gasteiger partial charge on any atom is -0.399 e. The highest BCUT2D eigenvalue weighted by molar-refractivity contribution is 7.98. The van der Waals surface area contributed by atoms with Crippen LogP contribution < -0.4 is 17.0 Å². The Morgan fingerprint density at radius 1 is 1.04 bits per heavy atom. The number of fused-ring (bicyclic) bond motifs is 1. The van der Waals surface area contributed by atoms with E-state index < -0.39 is 0 Å². The number of nitrogens with one attached hydrogen (secondary N) is 1. The molecule has 0 amide bonds. The molecule has 3 aromatic carbocycles. The van der Waals surface area contributed by atoms with Gasteiger partial charge in [-0.1, -0.05) is 67.3 Å². The summed E-state index contributed by atoms with van der Waals surface area (Å²) in [7, 11) is 0. The molecule has 132 valence electrons. The second kappa shape index (κ2) is 8.72. The van der Waals surface area contributed by atoms with Crippen LogP contribution in [0.25, 0.3) is 16.8 Å². The molecule has 0 radical (unpaired) electrons. The number of nitrogens with two attached hydrogens (primary N) is 2. The minimum atomic E-state index is 0.550. The largest absolute Gasteiger partial charge is 0.399 e. The third kappa shape index (κ3) is 4.55. The molecule has 0 bridgehead atoms. The van der Waals surface area contributed by atoms with Gasteiger partial charge in [0.1, 0.15) is 0 Å². The molecule has 0 atom stereocenters. The van der Waals surface area contributed by atoms with Crippen LogP contribution >= 0.6 is 11.8 Å². The first kappa shape index (κ1) is 18.3. The summed E-state index contributed by atoms with van der Waals surface area (Å²) >= 11 is 1.84. The standard InChI is InChI=1S/C22H23N3S/c1-16(23)7-9-19-10-11-20-13-18(14-25-24)8-12-21(20)22(19)26-15-17-5-3-2-4-6-17/h2-13,25H,1,14-15,23-24H2/b9-7-. The van der Waals surface area contributed by atoms with Crippen molar-refractivity contribution in [3.05, 3.63) is 95.7 Å². The first-order valence-electron chi connectivity index (χ1n) is 8.45. The topological polar surface area (TPSA) is 64.1 Å². The van der Waals surface area contributed by atoms with Crippen LogP contribution in [-0.2, 0) is 12.3 Å². The summed E-state index contributed by atoms with van der Waals surface area (Å²) in [6.07, 6.45) is 3.88. The Bertz CT molecular complexity index is 933. The number of allylic oxidation sites excluding steroid dienone is 1. The van der Waals surface area contributed by atoms with Crippen molar-refractivity contribution in [3.63, 3.8) is 0 Å². The molecule has 3 rings (SSSR count). The van der Waals surface area contributed by atoms with Gasteiger partial charge in [0.15, 0.2) is 0 Å². The maximum atomic E-state index is 5.71. The Balaban J connectivity index is 2.01. The Hall–Kier alpha value is -2.53. The van der Waals surface area contributed by atoms with Crippen molar-refractivity contribution >= 4 is 28.6 Å². The highest BCUT2D eigenvalue weighted by Crippen LogP contribution is 2.35. The van der Waals surface area contributed by atoms with Gasteiger partial charge in [-0.25, -0.2) is 0 Å². The number of hydrogen-bond donors (Lipinski definition) is 3. The molecule has 0 unspecified atom stereocenters. The smallest absolute Gasteiger partial charge is 0.0348 e. The summed E-state index contributed by atoms with van der Waals surface area (Å²) in [4.78, 5) is 1.25. The maximum Gasteiger partial charge on any atom is 0.0348 e. The second-order valence-electron chi connectivity index (χ2n) is 6.10. The number of thioether (sulfide) groups is 1. The van der Waals surface area contributed by atoms with Crippen LogP contribution in [0.4, 0.5) is 0 Å². The lowest BCUT2D eigenvalue weighted by molar-refractivity contribution is 0.742. The Morgan fingerprint density at radius 2 is 1.85 bits per heavy atom. The van der Waals surface area contributed by atoms with Gasteiger partial charge >= 0.3 is 0 Å². The van der Waals surface area contributed by atoms with Crippen molar-refractivity contribution in [2.24, 2.45) is 11.6 Å². The van der Waals surface area contributed by atoms with E-state index >= 15 is 0 Å². The van der Waals surface area contributed by atoms with E-state index in [2.05, 4.69) is 66.6 Å². The molecular formula is C22H23N3S. The van der Waals surface area contributed by atoms with Crippen LogP contribution in [0, 0.1) is 0 Å². The normalized spacial score (nSPS) is 11.3. The van der Waals surface area contributed by atoms with Crippen LogP contribution in [-0.4, -0.2) is 0 Å². The minimum absolute atomic E-state index is 0.550. The zero-order valence-electron chi connectivity index (χ0n) is 14.6. The summed E-state index contributed by atoms with van der Waals surface area (Å²) in [5, 5.41) is 2.44. The number of rotatable bonds is 7. The highest BCUT2D eigenvalue weighted by atomic mass is 32.2. The van der Waals surface area contributed by atoms with Gasteiger partial charge in [-0.15, -0.1) is 11.8 Å². The van der Waals surface area contributed by atoms with E-state index in [1.165, 1.54) is 21.2 Å². The second-order valence-corrected chi connectivity index (χ2v) is 7.09. The average Bonchev–Trinajstić information content (AvgIpc) is 2.65. The number of hydrogen-bond acceptors (Lipinski definition) is 4. The molecule has 0 saturated carbocycles. The van der Waals surface area contributed by atoms with E-state index in [1.807, 2.05) is 30.0 Å². The zero-order chi connectivity index (χ0) is 18.4. The van der Waals surface area contributed by atoms with Crippen LogP contribution in [0.3, 0.4) is 0 Å². The monoisotopic (exact) mass is 361 g/mol. The highest BCUT2D eigenvalue weighted by Gasteiger charge is 2.08. The summed E-state index contributed by atoms with van der Waals surface area (Å²) in [5.41, 5.74) is 12.6. The molecular weight excluding hydrogens is 338 g/mol. The van der Waals surface area contributed by atoms with E-state index in [-0.39, 0.29) is 0 Å². The first-order chi connectivity index (χ1) is 12.7. The molecule has 3 nitrogen and oxygen atoms in total. The molecule has 0 heterocycles. The van der Waals surface area contributed by atoms with Gasteiger partial charge in [0, 0.05) is 22.9 Å². The third-order valence-corrected chi connectivity index (χ3v) is 5.30. The fourth-order valence-electron chi connectivity index (χ4n) is 2.81. The molecule has 0 aliphatic heterocycles. The van der Waals surface area contributed by atoms with Crippen LogP contribution in [0.15, 0.2) is 83.9 Å². The SMILES string of the molecule is C=C(N)/C=C\c1ccc2cc(CNN)ccc2c1SCc1ccccc1.